The van der Waals surface area contributed by atoms with Gasteiger partial charge in [0.25, 0.3) is 5.22 Å². The molecule has 2 heterocycles. The minimum atomic E-state index is -0.171. The monoisotopic (exact) mass is 477 g/mol. The van der Waals surface area contributed by atoms with Crippen LogP contribution >= 0.6 is 34.7 Å². The molecule has 0 saturated carbocycles. The summed E-state index contributed by atoms with van der Waals surface area (Å²) in [5.41, 5.74) is 5.46. The number of thiazole rings is 1. The zero-order valence-electron chi connectivity index (χ0n) is 16.6. The molecule has 0 unspecified atom stereocenters. The van der Waals surface area contributed by atoms with Gasteiger partial charge in [0.05, 0.1) is 11.4 Å². The van der Waals surface area contributed by atoms with Crippen LogP contribution in [0.1, 0.15) is 0 Å². The second-order valence-electron chi connectivity index (χ2n) is 6.91. The lowest BCUT2D eigenvalue weighted by Gasteiger charge is -2.03. The Labute approximate surface area is 197 Å². The third-order valence-electron chi connectivity index (χ3n) is 4.70. The molecule has 0 aliphatic rings. The van der Waals surface area contributed by atoms with Crippen molar-refractivity contribution in [3.63, 3.8) is 0 Å². The zero-order valence-corrected chi connectivity index (χ0v) is 19.0. The number of aromatic nitrogens is 2. The molecule has 8 heteroatoms. The second kappa shape index (κ2) is 9.16. The highest BCUT2D eigenvalue weighted by Gasteiger charge is 2.12. The van der Waals surface area contributed by atoms with Crippen molar-refractivity contribution in [2.45, 2.75) is 5.22 Å². The number of hydrogen-bond donors (Lipinski definition) is 1. The Morgan fingerprint density at radius 3 is 2.53 bits per heavy atom. The van der Waals surface area contributed by atoms with E-state index < -0.39 is 0 Å². The van der Waals surface area contributed by atoms with E-state index in [1.807, 2.05) is 35.7 Å². The van der Waals surface area contributed by atoms with Crippen molar-refractivity contribution in [2.75, 3.05) is 11.1 Å². The summed E-state index contributed by atoms with van der Waals surface area (Å²) in [6, 6.07) is 23.7. The molecule has 0 radical (unpaired) electrons. The number of anilines is 1. The van der Waals surface area contributed by atoms with Crippen LogP contribution in [0.2, 0.25) is 5.02 Å². The number of thioether (sulfide) groups is 1. The summed E-state index contributed by atoms with van der Waals surface area (Å²) in [6.07, 6.45) is 0. The summed E-state index contributed by atoms with van der Waals surface area (Å²) in [7, 11) is 0. The molecule has 2 aromatic heterocycles. The molecular formula is C24H16ClN3O2S2. The van der Waals surface area contributed by atoms with E-state index in [1.54, 1.807) is 18.2 Å². The summed E-state index contributed by atoms with van der Waals surface area (Å²) in [5, 5.41) is 6.35. The maximum absolute atomic E-state index is 12.3. The van der Waals surface area contributed by atoms with Crippen molar-refractivity contribution in [3.8, 4) is 22.4 Å². The molecule has 0 atom stereocenters. The largest absolute Gasteiger partial charge is 0.431 e. The minimum Gasteiger partial charge on any atom is -0.431 e. The van der Waals surface area contributed by atoms with Crippen molar-refractivity contribution >= 4 is 56.8 Å². The maximum Gasteiger partial charge on any atom is 0.257 e. The molecule has 1 amide bonds. The number of fused-ring (bicyclic) bond motifs is 1. The molecule has 0 bridgehead atoms. The Hall–Kier alpha value is -3.13. The Bertz CT molecular complexity index is 1380. The number of nitrogens with one attached hydrogen (secondary N) is 1. The van der Waals surface area contributed by atoms with Crippen LogP contribution in [0.5, 0.6) is 0 Å². The van der Waals surface area contributed by atoms with Crippen LogP contribution in [0.15, 0.2) is 87.8 Å². The molecule has 0 spiro atoms. The molecule has 0 fully saturated rings. The van der Waals surface area contributed by atoms with E-state index in [0.717, 1.165) is 16.8 Å². The van der Waals surface area contributed by atoms with Crippen molar-refractivity contribution in [3.05, 3.63) is 83.2 Å². The smallest absolute Gasteiger partial charge is 0.257 e. The standard InChI is InChI=1S/C24H16ClN3O2S2/c25-18-10-11-21-19(12-18)27-24(30-21)32-14-22(29)28-23-26-20(13-31-23)17-8-6-16(7-9-17)15-4-2-1-3-5-15/h1-13H,14H2,(H,26,28,29). The second-order valence-corrected chi connectivity index (χ2v) is 9.13. The molecule has 5 rings (SSSR count). The van der Waals surface area contributed by atoms with E-state index in [2.05, 4.69) is 39.6 Å². The predicted octanol–water partition coefficient (Wildman–Crippen LogP) is 7.00. The molecule has 0 aliphatic heterocycles. The molecular weight excluding hydrogens is 462 g/mol. The highest BCUT2D eigenvalue weighted by molar-refractivity contribution is 7.99. The molecule has 0 aliphatic carbocycles. The summed E-state index contributed by atoms with van der Waals surface area (Å²) < 4.78 is 5.63. The number of benzene rings is 3. The predicted molar refractivity (Wildman–Crippen MR) is 131 cm³/mol. The Balaban J connectivity index is 1.20. The Morgan fingerprint density at radius 1 is 0.969 bits per heavy atom. The first kappa shape index (κ1) is 20.8. The van der Waals surface area contributed by atoms with Gasteiger partial charge in [-0.1, -0.05) is 78.0 Å². The lowest BCUT2D eigenvalue weighted by atomic mass is 10.0. The van der Waals surface area contributed by atoms with Gasteiger partial charge < -0.3 is 9.73 Å². The molecule has 1 N–H and O–H groups in total. The van der Waals surface area contributed by atoms with E-state index in [9.17, 15) is 4.79 Å². The van der Waals surface area contributed by atoms with Crippen molar-refractivity contribution in [1.29, 1.82) is 0 Å². The molecule has 0 saturated heterocycles. The lowest BCUT2D eigenvalue weighted by Crippen LogP contribution is -2.13. The first-order chi connectivity index (χ1) is 15.6. The number of rotatable bonds is 6. The van der Waals surface area contributed by atoms with Gasteiger partial charge in [-0.15, -0.1) is 11.3 Å². The van der Waals surface area contributed by atoms with Gasteiger partial charge in [-0.3, -0.25) is 4.79 Å². The number of amides is 1. The van der Waals surface area contributed by atoms with Gasteiger partial charge >= 0.3 is 0 Å². The number of halogens is 1. The van der Waals surface area contributed by atoms with Gasteiger partial charge in [-0.25, -0.2) is 9.97 Å². The highest BCUT2D eigenvalue weighted by atomic mass is 35.5. The van der Waals surface area contributed by atoms with Crippen LogP contribution in [0.3, 0.4) is 0 Å². The Kier molecular flexibility index (Phi) is 5.94. The maximum atomic E-state index is 12.3. The SMILES string of the molecule is O=C(CSc1nc2cc(Cl)ccc2o1)Nc1nc(-c2ccc(-c3ccccc3)cc2)cs1. The lowest BCUT2D eigenvalue weighted by molar-refractivity contribution is -0.113. The summed E-state index contributed by atoms with van der Waals surface area (Å²) in [6.45, 7) is 0. The fraction of sp³-hybridized carbons (Fsp3) is 0.0417. The van der Waals surface area contributed by atoms with Crippen LogP contribution in [0, 0.1) is 0 Å². The van der Waals surface area contributed by atoms with Gasteiger partial charge in [-0.05, 0) is 29.3 Å². The molecule has 32 heavy (non-hydrogen) atoms. The number of carbonyl (C=O) groups is 1. The zero-order chi connectivity index (χ0) is 21.9. The summed E-state index contributed by atoms with van der Waals surface area (Å²) in [4.78, 5) is 21.2. The van der Waals surface area contributed by atoms with E-state index in [1.165, 1.54) is 28.7 Å². The van der Waals surface area contributed by atoms with Gasteiger partial charge in [-0.2, -0.15) is 0 Å². The van der Waals surface area contributed by atoms with E-state index in [-0.39, 0.29) is 11.7 Å². The van der Waals surface area contributed by atoms with Gasteiger partial charge in [0.15, 0.2) is 10.7 Å². The topological polar surface area (TPSA) is 68.0 Å². The van der Waals surface area contributed by atoms with Crippen molar-refractivity contribution in [2.24, 2.45) is 0 Å². The van der Waals surface area contributed by atoms with Crippen LogP contribution in [0.25, 0.3) is 33.5 Å². The molecule has 5 nitrogen and oxygen atoms in total. The average molecular weight is 478 g/mol. The summed E-state index contributed by atoms with van der Waals surface area (Å²) in [5.74, 6) is -0.00283. The van der Waals surface area contributed by atoms with Gasteiger partial charge in [0.1, 0.15) is 5.52 Å². The quantitative estimate of drug-likeness (QED) is 0.266. The van der Waals surface area contributed by atoms with Crippen LogP contribution < -0.4 is 5.32 Å². The normalized spacial score (nSPS) is 11.0. The van der Waals surface area contributed by atoms with E-state index in [0.29, 0.717) is 26.5 Å². The first-order valence-electron chi connectivity index (χ1n) is 9.74. The number of oxazole rings is 1. The van der Waals surface area contributed by atoms with Gasteiger partial charge in [0, 0.05) is 16.0 Å². The van der Waals surface area contributed by atoms with Crippen LogP contribution in [-0.2, 0) is 4.79 Å². The fourth-order valence-electron chi connectivity index (χ4n) is 3.15. The fourth-order valence-corrected chi connectivity index (χ4v) is 4.69. The summed E-state index contributed by atoms with van der Waals surface area (Å²) >= 11 is 8.59. The number of hydrogen-bond acceptors (Lipinski definition) is 6. The Morgan fingerprint density at radius 2 is 1.72 bits per heavy atom. The molecule has 3 aromatic carbocycles. The van der Waals surface area contributed by atoms with E-state index in [4.69, 9.17) is 16.0 Å². The highest BCUT2D eigenvalue weighted by Crippen LogP contribution is 2.29. The minimum absolute atomic E-state index is 0.168. The van der Waals surface area contributed by atoms with Crippen LogP contribution in [0.4, 0.5) is 5.13 Å². The number of nitrogens with zero attached hydrogens (tertiary/aromatic N) is 2. The molecule has 5 aromatic rings. The third-order valence-corrected chi connectivity index (χ3v) is 6.52. The van der Waals surface area contributed by atoms with E-state index >= 15 is 0 Å². The van der Waals surface area contributed by atoms with Crippen LogP contribution in [-0.4, -0.2) is 21.6 Å². The number of carbonyl (C=O) groups excluding carboxylic acids is 1. The average Bonchev–Trinajstić information content (AvgIpc) is 3.45. The van der Waals surface area contributed by atoms with Crippen molar-refractivity contribution < 1.29 is 9.21 Å². The third kappa shape index (κ3) is 4.70. The molecule has 158 valence electrons. The first-order valence-corrected chi connectivity index (χ1v) is 12.0. The van der Waals surface area contributed by atoms with Gasteiger partial charge in [0.2, 0.25) is 5.91 Å². The van der Waals surface area contributed by atoms with Crippen molar-refractivity contribution in [1.82, 2.24) is 9.97 Å².